The van der Waals surface area contributed by atoms with Gasteiger partial charge in [-0.2, -0.15) is 0 Å². The van der Waals surface area contributed by atoms with Crippen LogP contribution in [0.2, 0.25) is 10.0 Å². The van der Waals surface area contributed by atoms with Crippen LogP contribution in [-0.4, -0.2) is 5.16 Å². The zero-order valence-corrected chi connectivity index (χ0v) is 12.7. The van der Waals surface area contributed by atoms with E-state index in [9.17, 15) is 0 Å². The van der Waals surface area contributed by atoms with Gasteiger partial charge in [0.1, 0.15) is 5.69 Å². The molecule has 3 aromatic rings. The van der Waals surface area contributed by atoms with Crippen LogP contribution in [0.15, 0.2) is 47.0 Å². The Morgan fingerprint density at radius 1 is 1.05 bits per heavy atom. The molecule has 106 valence electrons. The van der Waals surface area contributed by atoms with E-state index in [1.807, 2.05) is 37.3 Å². The van der Waals surface area contributed by atoms with Crippen molar-refractivity contribution in [2.24, 2.45) is 0 Å². The van der Waals surface area contributed by atoms with Crippen LogP contribution in [0.5, 0.6) is 0 Å². The van der Waals surface area contributed by atoms with Gasteiger partial charge in [0, 0.05) is 10.6 Å². The lowest BCUT2D eigenvalue weighted by molar-refractivity contribution is 0.439. The number of hydrogen-bond donors (Lipinski definition) is 1. The fourth-order valence-corrected chi connectivity index (χ4v) is 2.55. The number of halogens is 2. The zero-order chi connectivity index (χ0) is 15.0. The molecule has 0 saturated carbocycles. The third-order valence-electron chi connectivity index (χ3n) is 3.30. The highest BCUT2D eigenvalue weighted by Crippen LogP contribution is 2.39. The van der Waals surface area contributed by atoms with Gasteiger partial charge in [0.05, 0.1) is 10.6 Å². The molecule has 2 aromatic carbocycles. The van der Waals surface area contributed by atoms with Crippen LogP contribution in [0.3, 0.4) is 0 Å². The van der Waals surface area contributed by atoms with E-state index in [0.29, 0.717) is 15.7 Å². The summed E-state index contributed by atoms with van der Waals surface area (Å²) in [5.41, 5.74) is 9.93. The van der Waals surface area contributed by atoms with Crippen molar-refractivity contribution in [3.63, 3.8) is 0 Å². The van der Waals surface area contributed by atoms with E-state index >= 15 is 0 Å². The molecule has 0 aliphatic carbocycles. The highest BCUT2D eigenvalue weighted by molar-refractivity contribution is 6.34. The first-order valence-corrected chi connectivity index (χ1v) is 7.10. The van der Waals surface area contributed by atoms with E-state index in [2.05, 4.69) is 5.16 Å². The van der Waals surface area contributed by atoms with Crippen LogP contribution in [0.25, 0.3) is 22.4 Å². The van der Waals surface area contributed by atoms with E-state index in [1.54, 1.807) is 12.1 Å². The van der Waals surface area contributed by atoms with Crippen molar-refractivity contribution in [3.8, 4) is 22.4 Å². The standard InChI is InChI=1S/C16H12Cl2N2O/c1-9-3-2-4-12(14(9)18)15-13(16(19)21-20-15)10-5-7-11(17)8-6-10/h2-8H,19H2,1H3. The molecule has 2 N–H and O–H groups in total. The van der Waals surface area contributed by atoms with E-state index in [0.717, 1.165) is 22.3 Å². The summed E-state index contributed by atoms with van der Waals surface area (Å²) < 4.78 is 5.17. The van der Waals surface area contributed by atoms with Gasteiger partial charge >= 0.3 is 0 Å². The number of hydrogen-bond acceptors (Lipinski definition) is 3. The number of rotatable bonds is 2. The second-order valence-corrected chi connectivity index (χ2v) is 5.53. The molecule has 0 saturated heterocycles. The van der Waals surface area contributed by atoms with Gasteiger partial charge in [-0.1, -0.05) is 58.7 Å². The summed E-state index contributed by atoms with van der Waals surface area (Å²) >= 11 is 12.3. The number of aromatic nitrogens is 1. The van der Waals surface area contributed by atoms with Crippen molar-refractivity contribution in [1.82, 2.24) is 5.16 Å². The van der Waals surface area contributed by atoms with E-state index in [1.165, 1.54) is 0 Å². The predicted molar refractivity (Wildman–Crippen MR) is 86.5 cm³/mol. The van der Waals surface area contributed by atoms with Gasteiger partial charge in [0.15, 0.2) is 0 Å². The molecule has 0 spiro atoms. The largest absolute Gasteiger partial charge is 0.367 e. The van der Waals surface area contributed by atoms with Gasteiger partial charge in [-0.15, -0.1) is 0 Å². The molecule has 21 heavy (non-hydrogen) atoms. The van der Waals surface area contributed by atoms with Crippen LogP contribution in [0.4, 0.5) is 5.88 Å². The molecule has 1 heterocycles. The number of aryl methyl sites for hydroxylation is 1. The van der Waals surface area contributed by atoms with Crippen molar-refractivity contribution in [2.45, 2.75) is 6.92 Å². The summed E-state index contributed by atoms with van der Waals surface area (Å²) in [5.74, 6) is 0.255. The first kappa shape index (κ1) is 14.0. The minimum Gasteiger partial charge on any atom is -0.367 e. The maximum atomic E-state index is 6.38. The number of nitrogen functional groups attached to an aromatic ring is 1. The predicted octanol–water partition coefficient (Wildman–Crippen LogP) is 5.21. The molecule has 3 nitrogen and oxygen atoms in total. The lowest BCUT2D eigenvalue weighted by Gasteiger charge is -2.06. The molecule has 0 unspecified atom stereocenters. The summed E-state index contributed by atoms with van der Waals surface area (Å²) in [6.07, 6.45) is 0. The second-order valence-electron chi connectivity index (χ2n) is 4.71. The maximum Gasteiger partial charge on any atom is 0.230 e. The van der Waals surface area contributed by atoms with Crippen LogP contribution in [-0.2, 0) is 0 Å². The molecule has 3 rings (SSSR count). The highest BCUT2D eigenvalue weighted by Gasteiger charge is 2.19. The zero-order valence-electron chi connectivity index (χ0n) is 11.2. The molecule has 5 heteroatoms. The fourth-order valence-electron chi connectivity index (χ4n) is 2.21. The fraction of sp³-hybridized carbons (Fsp3) is 0.0625. The lowest BCUT2D eigenvalue weighted by atomic mass is 10.00. The third-order valence-corrected chi connectivity index (χ3v) is 4.05. The van der Waals surface area contributed by atoms with Crippen LogP contribution < -0.4 is 5.73 Å². The summed E-state index contributed by atoms with van der Waals surface area (Å²) in [6.45, 7) is 1.94. The van der Waals surface area contributed by atoms with E-state index < -0.39 is 0 Å². The Labute approximate surface area is 132 Å². The molecule has 0 atom stereocenters. The average molecular weight is 319 g/mol. The van der Waals surface area contributed by atoms with Gasteiger partial charge in [-0.25, -0.2) is 0 Å². The average Bonchev–Trinajstić information content (AvgIpc) is 2.85. The highest BCUT2D eigenvalue weighted by atomic mass is 35.5. The van der Waals surface area contributed by atoms with Gasteiger partial charge in [-0.3, -0.25) is 0 Å². The second kappa shape index (κ2) is 5.43. The van der Waals surface area contributed by atoms with Crippen molar-refractivity contribution >= 4 is 29.1 Å². The molecule has 0 bridgehead atoms. The molecule has 1 aromatic heterocycles. The Bertz CT molecular complexity index is 795. The Morgan fingerprint density at radius 2 is 1.76 bits per heavy atom. The molecular formula is C16H12Cl2N2O. The van der Waals surface area contributed by atoms with Crippen LogP contribution in [0, 0.1) is 6.92 Å². The Balaban J connectivity index is 2.22. The topological polar surface area (TPSA) is 52.0 Å². The van der Waals surface area contributed by atoms with Crippen molar-refractivity contribution < 1.29 is 4.52 Å². The normalized spacial score (nSPS) is 10.8. The molecule has 0 amide bonds. The molecule has 0 aliphatic rings. The van der Waals surface area contributed by atoms with Gasteiger partial charge in [0.2, 0.25) is 5.88 Å². The smallest absolute Gasteiger partial charge is 0.230 e. The van der Waals surface area contributed by atoms with Gasteiger partial charge < -0.3 is 10.3 Å². The Morgan fingerprint density at radius 3 is 2.48 bits per heavy atom. The first-order valence-electron chi connectivity index (χ1n) is 6.34. The number of anilines is 1. The lowest BCUT2D eigenvalue weighted by Crippen LogP contribution is -1.89. The van der Waals surface area contributed by atoms with Crippen LogP contribution >= 0.6 is 23.2 Å². The van der Waals surface area contributed by atoms with Gasteiger partial charge in [-0.05, 0) is 30.2 Å². The summed E-state index contributed by atoms with van der Waals surface area (Å²) in [7, 11) is 0. The maximum absolute atomic E-state index is 6.38. The quantitative estimate of drug-likeness (QED) is 0.706. The van der Waals surface area contributed by atoms with Crippen molar-refractivity contribution in [1.29, 1.82) is 0 Å². The van der Waals surface area contributed by atoms with Gasteiger partial charge in [0.25, 0.3) is 0 Å². The van der Waals surface area contributed by atoms with Crippen LogP contribution in [0.1, 0.15) is 5.56 Å². The third kappa shape index (κ3) is 2.50. The molecule has 0 radical (unpaired) electrons. The van der Waals surface area contributed by atoms with E-state index in [4.69, 9.17) is 33.5 Å². The summed E-state index contributed by atoms with van der Waals surface area (Å²) in [5, 5.41) is 5.37. The first-order chi connectivity index (χ1) is 10.1. The molecule has 0 fully saturated rings. The molecule has 0 aliphatic heterocycles. The minimum absolute atomic E-state index is 0.255. The van der Waals surface area contributed by atoms with Crippen molar-refractivity contribution in [3.05, 3.63) is 58.1 Å². The van der Waals surface area contributed by atoms with Crippen molar-refractivity contribution in [2.75, 3.05) is 5.73 Å². The number of benzene rings is 2. The summed E-state index contributed by atoms with van der Waals surface area (Å²) in [4.78, 5) is 0. The Hall–Kier alpha value is -1.97. The Kier molecular flexibility index (Phi) is 3.62. The number of nitrogens with zero attached hydrogens (tertiary/aromatic N) is 1. The number of nitrogens with two attached hydrogens (primary N) is 1. The minimum atomic E-state index is 0.255. The van der Waals surface area contributed by atoms with E-state index in [-0.39, 0.29) is 5.88 Å². The SMILES string of the molecule is Cc1cccc(-c2noc(N)c2-c2ccc(Cl)cc2)c1Cl. The summed E-state index contributed by atoms with van der Waals surface area (Å²) in [6, 6.07) is 13.1. The monoisotopic (exact) mass is 318 g/mol. The molecular weight excluding hydrogens is 307 g/mol.